The van der Waals surface area contributed by atoms with Gasteiger partial charge in [0.2, 0.25) is 11.8 Å². The van der Waals surface area contributed by atoms with E-state index in [0.717, 1.165) is 24.6 Å². The molecule has 40 heavy (non-hydrogen) atoms. The molecular weight excluding hydrogens is 512 g/mol. The number of ketones is 1. The summed E-state index contributed by atoms with van der Waals surface area (Å²) in [4.78, 5) is 45.9. The second-order valence-corrected chi connectivity index (χ2v) is 11.3. The molecule has 5 atom stereocenters. The number of methoxy groups -OCH3 is 1. The molecule has 214 valence electrons. The van der Waals surface area contributed by atoms with Crippen molar-refractivity contribution in [2.45, 2.75) is 58.0 Å². The summed E-state index contributed by atoms with van der Waals surface area (Å²) >= 11 is 0. The number of fused-ring (bicyclic) bond motifs is 3. The highest BCUT2D eigenvalue weighted by Crippen LogP contribution is 2.57. The number of carbonyl (C=O) groups excluding carboxylic acids is 2. The fraction of sp³-hybridized carbons (Fsp3) is 0.548. The molecule has 3 aliphatic rings. The SMILES string of the molecule is CCOc1cc(O[C@@H]2C[C@H]3C(=O)C[C@]4(C(=O)O)C[C@@H]4/C=C\CCCCN(C)C(=O)[C@@H]3C2)c2ccc(OC)cc2n1. The molecular formula is C31H38N2O7. The largest absolute Gasteiger partial charge is 0.497 e. The van der Waals surface area contributed by atoms with Crippen LogP contribution in [0.25, 0.3) is 10.9 Å². The quantitative estimate of drug-likeness (QED) is 0.517. The number of Topliss-reactive ketones (excluding diaryl/α,β-unsaturated/α-hetero) is 1. The number of benzene rings is 1. The maximum absolute atomic E-state index is 13.7. The van der Waals surface area contributed by atoms with Crippen LogP contribution in [0.1, 0.15) is 51.9 Å². The zero-order valence-electron chi connectivity index (χ0n) is 23.4. The van der Waals surface area contributed by atoms with Gasteiger partial charge in [-0.15, -0.1) is 0 Å². The summed E-state index contributed by atoms with van der Waals surface area (Å²) in [5.74, 6) is -0.820. The Morgan fingerprint density at radius 2 is 1.98 bits per heavy atom. The van der Waals surface area contributed by atoms with E-state index in [4.69, 9.17) is 14.2 Å². The Kier molecular flexibility index (Phi) is 8.01. The molecule has 9 heteroatoms. The topological polar surface area (TPSA) is 115 Å². The van der Waals surface area contributed by atoms with Crippen molar-refractivity contribution < 1.29 is 33.7 Å². The first-order valence-electron chi connectivity index (χ1n) is 14.2. The van der Waals surface area contributed by atoms with E-state index in [-0.39, 0.29) is 24.0 Å². The fourth-order valence-electron chi connectivity index (χ4n) is 6.31. The van der Waals surface area contributed by atoms with Crippen LogP contribution >= 0.6 is 0 Å². The number of pyridine rings is 1. The van der Waals surface area contributed by atoms with Crippen molar-refractivity contribution in [2.24, 2.45) is 23.2 Å². The van der Waals surface area contributed by atoms with Gasteiger partial charge in [-0.2, -0.15) is 0 Å². The number of rotatable bonds is 6. The third kappa shape index (κ3) is 5.51. The smallest absolute Gasteiger partial charge is 0.310 e. The average molecular weight is 551 g/mol. The van der Waals surface area contributed by atoms with Gasteiger partial charge in [-0.1, -0.05) is 12.2 Å². The predicted molar refractivity (Wildman–Crippen MR) is 149 cm³/mol. The van der Waals surface area contributed by atoms with Crippen LogP contribution < -0.4 is 14.2 Å². The third-order valence-electron chi connectivity index (χ3n) is 8.70. The highest BCUT2D eigenvalue weighted by atomic mass is 16.5. The number of amides is 1. The van der Waals surface area contributed by atoms with Gasteiger partial charge in [0.15, 0.2) is 0 Å². The molecule has 1 aromatic carbocycles. The number of allylic oxidation sites excluding steroid dienone is 2. The molecule has 0 saturated heterocycles. The van der Waals surface area contributed by atoms with Crippen molar-refractivity contribution in [3.8, 4) is 17.4 Å². The Labute approximate surface area is 234 Å². The number of hydrogen-bond acceptors (Lipinski definition) is 7. The van der Waals surface area contributed by atoms with Gasteiger partial charge in [0.1, 0.15) is 23.4 Å². The van der Waals surface area contributed by atoms with Crippen molar-refractivity contribution in [3.05, 3.63) is 36.4 Å². The van der Waals surface area contributed by atoms with E-state index in [0.29, 0.717) is 55.3 Å². The molecule has 0 bridgehead atoms. The van der Waals surface area contributed by atoms with Crippen LogP contribution in [-0.4, -0.2) is 66.1 Å². The molecule has 2 heterocycles. The zero-order valence-corrected chi connectivity index (χ0v) is 23.4. The summed E-state index contributed by atoms with van der Waals surface area (Å²) in [5.41, 5.74) is -0.414. The van der Waals surface area contributed by atoms with Crippen LogP contribution in [0.3, 0.4) is 0 Å². The van der Waals surface area contributed by atoms with Gasteiger partial charge in [0, 0.05) is 43.5 Å². The molecule has 0 radical (unpaired) electrons. The Hall–Kier alpha value is -3.62. The van der Waals surface area contributed by atoms with E-state index < -0.39 is 29.3 Å². The lowest BCUT2D eigenvalue weighted by Crippen LogP contribution is -2.38. The molecule has 1 amide bonds. The standard InChI is InChI=1S/C31H38N2O7/c1-4-39-28-16-27(22-11-10-20(38-3)15-25(22)32-28)40-21-13-23-24(14-21)29(35)33(2)12-8-6-5-7-9-19-17-31(19,30(36)37)18-26(23)34/h7,9-11,15-16,19,21,23-24H,4-6,8,12-14,17-18H2,1-3H3,(H,36,37)/b9-7-/t19-,21+,23+,24+,31+/m0/s1. The van der Waals surface area contributed by atoms with E-state index in [1.807, 2.05) is 37.3 Å². The summed E-state index contributed by atoms with van der Waals surface area (Å²) in [6, 6.07) is 7.26. The Bertz CT molecular complexity index is 1320. The maximum atomic E-state index is 13.7. The molecule has 2 fully saturated rings. The number of ether oxygens (including phenoxy) is 3. The van der Waals surface area contributed by atoms with Crippen molar-refractivity contribution in [1.82, 2.24) is 9.88 Å². The molecule has 0 unspecified atom stereocenters. The number of nitrogens with zero attached hydrogens (tertiary/aromatic N) is 2. The van der Waals surface area contributed by atoms with E-state index in [1.54, 1.807) is 25.1 Å². The molecule has 1 aliphatic heterocycles. The predicted octanol–water partition coefficient (Wildman–Crippen LogP) is 4.66. The van der Waals surface area contributed by atoms with Crippen LogP contribution in [0.15, 0.2) is 36.4 Å². The molecule has 1 N–H and O–H groups in total. The highest BCUT2D eigenvalue weighted by molar-refractivity contribution is 5.94. The molecule has 2 aromatic rings. The van der Waals surface area contributed by atoms with Crippen LogP contribution in [-0.2, 0) is 14.4 Å². The number of carboxylic acid groups (broad SMARTS) is 1. The lowest BCUT2D eigenvalue weighted by atomic mass is 9.84. The maximum Gasteiger partial charge on any atom is 0.310 e. The van der Waals surface area contributed by atoms with Crippen molar-refractivity contribution in [2.75, 3.05) is 27.3 Å². The van der Waals surface area contributed by atoms with E-state index in [9.17, 15) is 19.5 Å². The second kappa shape index (κ2) is 11.5. The molecule has 5 rings (SSSR count). The second-order valence-electron chi connectivity index (χ2n) is 11.3. The molecule has 2 saturated carbocycles. The normalized spacial score (nSPS) is 29.7. The molecule has 9 nitrogen and oxygen atoms in total. The van der Waals surface area contributed by atoms with Crippen molar-refractivity contribution >= 4 is 28.6 Å². The first kappa shape index (κ1) is 27.9. The van der Waals surface area contributed by atoms with Gasteiger partial charge in [-0.25, -0.2) is 4.98 Å². The molecule has 2 aliphatic carbocycles. The van der Waals surface area contributed by atoms with Gasteiger partial charge >= 0.3 is 5.97 Å². The minimum Gasteiger partial charge on any atom is -0.497 e. The summed E-state index contributed by atoms with van der Waals surface area (Å²) in [5, 5.41) is 10.8. The lowest BCUT2D eigenvalue weighted by molar-refractivity contribution is -0.147. The van der Waals surface area contributed by atoms with Crippen molar-refractivity contribution in [3.63, 3.8) is 0 Å². The van der Waals surface area contributed by atoms with E-state index in [1.165, 1.54) is 0 Å². The van der Waals surface area contributed by atoms with Gasteiger partial charge in [-0.05, 0) is 63.5 Å². The number of aromatic nitrogens is 1. The van der Waals surface area contributed by atoms with Crippen LogP contribution in [0.4, 0.5) is 0 Å². The zero-order chi connectivity index (χ0) is 28.4. The Morgan fingerprint density at radius 3 is 2.73 bits per heavy atom. The van der Waals surface area contributed by atoms with Crippen LogP contribution in [0.2, 0.25) is 0 Å². The molecule has 1 aromatic heterocycles. The Balaban J connectivity index is 1.44. The summed E-state index contributed by atoms with van der Waals surface area (Å²) in [6.45, 7) is 2.93. The van der Waals surface area contributed by atoms with Crippen LogP contribution in [0.5, 0.6) is 17.4 Å². The summed E-state index contributed by atoms with van der Waals surface area (Å²) < 4.78 is 17.5. The summed E-state index contributed by atoms with van der Waals surface area (Å²) in [7, 11) is 3.38. The van der Waals surface area contributed by atoms with Gasteiger partial charge in [0.25, 0.3) is 0 Å². The Morgan fingerprint density at radius 1 is 1.18 bits per heavy atom. The van der Waals surface area contributed by atoms with Crippen LogP contribution in [0, 0.1) is 23.2 Å². The highest BCUT2D eigenvalue weighted by Gasteiger charge is 2.61. The lowest BCUT2D eigenvalue weighted by Gasteiger charge is -2.25. The first-order chi connectivity index (χ1) is 19.3. The number of carboxylic acids is 1. The monoisotopic (exact) mass is 550 g/mol. The average Bonchev–Trinajstić information content (AvgIpc) is 3.47. The van der Waals surface area contributed by atoms with Gasteiger partial charge in [-0.3, -0.25) is 14.4 Å². The number of hydrogen-bond donors (Lipinski definition) is 1. The first-order valence-corrected chi connectivity index (χ1v) is 14.2. The number of aliphatic carboxylic acids is 1. The van der Waals surface area contributed by atoms with E-state index in [2.05, 4.69) is 4.98 Å². The minimum absolute atomic E-state index is 0.0608. The van der Waals surface area contributed by atoms with Gasteiger partial charge in [0.05, 0.1) is 30.6 Å². The van der Waals surface area contributed by atoms with Gasteiger partial charge < -0.3 is 24.2 Å². The van der Waals surface area contributed by atoms with Crippen molar-refractivity contribution in [1.29, 1.82) is 0 Å². The fourth-order valence-corrected chi connectivity index (χ4v) is 6.31. The third-order valence-corrected chi connectivity index (χ3v) is 8.70. The molecule has 0 spiro atoms. The summed E-state index contributed by atoms with van der Waals surface area (Å²) in [6.07, 6.45) is 7.33. The van der Waals surface area contributed by atoms with E-state index >= 15 is 0 Å². The minimum atomic E-state index is -1.07. The number of carbonyl (C=O) groups is 3.